The fraction of sp³-hybridized carbons (Fsp3) is 0.222. The summed E-state index contributed by atoms with van der Waals surface area (Å²) in [5.74, 6) is 1.77. The Balaban J connectivity index is 3.13. The van der Waals surface area contributed by atoms with Gasteiger partial charge in [0.15, 0.2) is 11.5 Å². The lowest BCUT2D eigenvalue weighted by molar-refractivity contribution is 0.335. The summed E-state index contributed by atoms with van der Waals surface area (Å²) >= 11 is 0. The first-order valence-electron chi connectivity index (χ1n) is 3.46. The fourth-order valence-electron chi connectivity index (χ4n) is 0.971. The molecule has 0 heterocycles. The molecule has 3 heteroatoms. The van der Waals surface area contributed by atoms with E-state index in [1.165, 1.54) is 0 Å². The largest absolute Gasteiger partial charge is 0.493 e. The predicted molar refractivity (Wildman–Crippen MR) is 45.5 cm³/mol. The molecule has 0 amide bonds. The molecule has 0 bridgehead atoms. The van der Waals surface area contributed by atoms with Gasteiger partial charge in [-0.05, 0) is 12.1 Å². The standard InChI is InChI=1S/C9H11O3/c1-10-7-5-4-6-8(11-2)9(7)12-3/h4-6H,1H2,2-3H3. The van der Waals surface area contributed by atoms with E-state index in [2.05, 4.69) is 7.11 Å². The SMILES string of the molecule is [CH2]Oc1cccc(OC)c1OC. The van der Waals surface area contributed by atoms with Crippen LogP contribution in [0.1, 0.15) is 0 Å². The fourth-order valence-corrected chi connectivity index (χ4v) is 0.971. The summed E-state index contributed by atoms with van der Waals surface area (Å²) in [5.41, 5.74) is 0. The van der Waals surface area contributed by atoms with Crippen LogP contribution < -0.4 is 14.2 Å². The molecule has 0 aliphatic carbocycles. The second-order valence-corrected chi connectivity index (χ2v) is 2.14. The molecule has 0 unspecified atom stereocenters. The van der Waals surface area contributed by atoms with Crippen LogP contribution in [0.25, 0.3) is 0 Å². The van der Waals surface area contributed by atoms with E-state index in [0.29, 0.717) is 17.2 Å². The van der Waals surface area contributed by atoms with Crippen molar-refractivity contribution in [2.45, 2.75) is 0 Å². The Bertz CT molecular complexity index is 236. The van der Waals surface area contributed by atoms with E-state index in [1.54, 1.807) is 26.4 Å². The van der Waals surface area contributed by atoms with Crippen LogP contribution >= 0.6 is 0 Å². The topological polar surface area (TPSA) is 27.7 Å². The summed E-state index contributed by atoms with van der Waals surface area (Å²) in [6.45, 7) is 0. The summed E-state index contributed by atoms with van der Waals surface area (Å²) in [5, 5.41) is 0. The van der Waals surface area contributed by atoms with E-state index in [1.807, 2.05) is 6.07 Å². The van der Waals surface area contributed by atoms with Crippen LogP contribution in [0.3, 0.4) is 0 Å². The van der Waals surface area contributed by atoms with Crippen LogP contribution in [0.4, 0.5) is 0 Å². The molecule has 1 aromatic rings. The number of benzene rings is 1. The molecule has 0 saturated carbocycles. The highest BCUT2D eigenvalue weighted by Gasteiger charge is 2.08. The Kier molecular flexibility index (Phi) is 2.80. The first kappa shape index (κ1) is 8.71. The molecule has 0 aromatic heterocycles. The van der Waals surface area contributed by atoms with Crippen molar-refractivity contribution in [3.8, 4) is 17.2 Å². The Morgan fingerprint density at radius 1 is 1.08 bits per heavy atom. The zero-order chi connectivity index (χ0) is 8.97. The van der Waals surface area contributed by atoms with Crippen molar-refractivity contribution < 1.29 is 14.2 Å². The van der Waals surface area contributed by atoms with E-state index in [4.69, 9.17) is 14.2 Å². The molecule has 0 N–H and O–H groups in total. The van der Waals surface area contributed by atoms with Crippen molar-refractivity contribution in [2.24, 2.45) is 0 Å². The van der Waals surface area contributed by atoms with Gasteiger partial charge in [0.05, 0.1) is 14.2 Å². The molecule has 0 aliphatic rings. The third-order valence-corrected chi connectivity index (χ3v) is 1.52. The molecule has 0 spiro atoms. The third kappa shape index (κ3) is 1.44. The predicted octanol–water partition coefficient (Wildman–Crippen LogP) is 1.87. The summed E-state index contributed by atoms with van der Waals surface area (Å²) in [4.78, 5) is 0. The summed E-state index contributed by atoms with van der Waals surface area (Å²) in [7, 11) is 6.43. The number of hydrogen-bond donors (Lipinski definition) is 0. The highest BCUT2D eigenvalue weighted by atomic mass is 16.5. The van der Waals surface area contributed by atoms with Gasteiger partial charge in [0, 0.05) is 0 Å². The van der Waals surface area contributed by atoms with Gasteiger partial charge in [0.1, 0.15) is 7.11 Å². The molecule has 65 valence electrons. The van der Waals surface area contributed by atoms with Crippen molar-refractivity contribution in [1.29, 1.82) is 0 Å². The molecule has 1 aromatic carbocycles. The van der Waals surface area contributed by atoms with Crippen molar-refractivity contribution in [1.82, 2.24) is 0 Å². The van der Waals surface area contributed by atoms with Crippen LogP contribution in [-0.2, 0) is 0 Å². The van der Waals surface area contributed by atoms with E-state index < -0.39 is 0 Å². The first-order chi connectivity index (χ1) is 5.83. The van der Waals surface area contributed by atoms with Crippen LogP contribution in [0.15, 0.2) is 18.2 Å². The number of rotatable bonds is 3. The molecule has 0 saturated heterocycles. The van der Waals surface area contributed by atoms with Crippen molar-refractivity contribution in [2.75, 3.05) is 14.2 Å². The van der Waals surface area contributed by atoms with Gasteiger partial charge in [-0.15, -0.1) is 0 Å². The van der Waals surface area contributed by atoms with Crippen molar-refractivity contribution in [3.05, 3.63) is 25.3 Å². The van der Waals surface area contributed by atoms with Gasteiger partial charge in [-0.25, -0.2) is 0 Å². The second kappa shape index (κ2) is 3.85. The number of ether oxygens (including phenoxy) is 3. The molecule has 12 heavy (non-hydrogen) atoms. The van der Waals surface area contributed by atoms with Gasteiger partial charge in [0.25, 0.3) is 0 Å². The maximum absolute atomic E-state index is 5.07. The maximum Gasteiger partial charge on any atom is 0.203 e. The lowest BCUT2D eigenvalue weighted by atomic mass is 10.3. The average Bonchev–Trinajstić information content (AvgIpc) is 2.16. The smallest absolute Gasteiger partial charge is 0.203 e. The van der Waals surface area contributed by atoms with E-state index in [-0.39, 0.29) is 0 Å². The first-order valence-corrected chi connectivity index (χ1v) is 3.46. The van der Waals surface area contributed by atoms with Gasteiger partial charge >= 0.3 is 0 Å². The van der Waals surface area contributed by atoms with Crippen LogP contribution in [0.2, 0.25) is 0 Å². The quantitative estimate of drug-likeness (QED) is 0.687. The van der Waals surface area contributed by atoms with Crippen LogP contribution in [0, 0.1) is 7.11 Å². The van der Waals surface area contributed by atoms with Gasteiger partial charge in [-0.1, -0.05) is 6.07 Å². The number of methoxy groups -OCH3 is 2. The molecule has 0 aliphatic heterocycles. The minimum atomic E-state index is 0.565. The number of para-hydroxylation sites is 1. The Morgan fingerprint density at radius 3 is 2.25 bits per heavy atom. The maximum atomic E-state index is 5.07. The third-order valence-electron chi connectivity index (χ3n) is 1.52. The Labute approximate surface area is 71.9 Å². The van der Waals surface area contributed by atoms with Gasteiger partial charge < -0.3 is 14.2 Å². The molecule has 1 rings (SSSR count). The van der Waals surface area contributed by atoms with Gasteiger partial charge in [-0.2, -0.15) is 0 Å². The monoisotopic (exact) mass is 167 g/mol. The van der Waals surface area contributed by atoms with E-state index in [9.17, 15) is 0 Å². The highest BCUT2D eigenvalue weighted by molar-refractivity contribution is 5.50. The summed E-state index contributed by atoms with van der Waals surface area (Å²) in [6.07, 6.45) is 0. The van der Waals surface area contributed by atoms with E-state index in [0.717, 1.165) is 0 Å². The Morgan fingerprint density at radius 2 is 1.75 bits per heavy atom. The van der Waals surface area contributed by atoms with Crippen LogP contribution in [-0.4, -0.2) is 14.2 Å². The molecular formula is C9H11O3. The zero-order valence-electron chi connectivity index (χ0n) is 7.16. The lowest BCUT2D eigenvalue weighted by Gasteiger charge is -2.10. The van der Waals surface area contributed by atoms with E-state index >= 15 is 0 Å². The normalized spacial score (nSPS) is 9.25. The van der Waals surface area contributed by atoms with Crippen molar-refractivity contribution >= 4 is 0 Å². The lowest BCUT2D eigenvalue weighted by Crippen LogP contribution is -1.92. The molecule has 3 nitrogen and oxygen atoms in total. The molecule has 0 atom stereocenters. The summed E-state index contributed by atoms with van der Waals surface area (Å²) < 4.78 is 14.9. The Hall–Kier alpha value is -1.38. The average molecular weight is 167 g/mol. The second-order valence-electron chi connectivity index (χ2n) is 2.14. The van der Waals surface area contributed by atoms with Gasteiger partial charge in [-0.3, -0.25) is 0 Å². The molecular weight excluding hydrogens is 156 g/mol. The molecule has 1 radical (unpaired) electrons. The van der Waals surface area contributed by atoms with Crippen molar-refractivity contribution in [3.63, 3.8) is 0 Å². The summed E-state index contributed by atoms with van der Waals surface area (Å²) in [6, 6.07) is 5.36. The molecule has 0 fully saturated rings. The minimum absolute atomic E-state index is 0.565. The minimum Gasteiger partial charge on any atom is -0.493 e. The number of hydrogen-bond acceptors (Lipinski definition) is 3. The van der Waals surface area contributed by atoms with Gasteiger partial charge in [0.2, 0.25) is 5.75 Å². The highest BCUT2D eigenvalue weighted by Crippen LogP contribution is 2.36. The van der Waals surface area contributed by atoms with Crippen LogP contribution in [0.5, 0.6) is 17.2 Å². The zero-order valence-corrected chi connectivity index (χ0v) is 7.16.